The lowest BCUT2D eigenvalue weighted by molar-refractivity contribution is -0.153. The van der Waals surface area contributed by atoms with E-state index in [1.807, 2.05) is 0 Å². The van der Waals surface area contributed by atoms with Crippen molar-refractivity contribution in [2.45, 2.75) is 25.9 Å². The molecule has 6 nitrogen and oxygen atoms in total. The van der Waals surface area contributed by atoms with Crippen LogP contribution >= 0.6 is 23.2 Å². The number of benzene rings is 2. The number of anilines is 1. The van der Waals surface area contributed by atoms with Crippen molar-refractivity contribution >= 4 is 46.7 Å². The molecule has 160 valence electrons. The molecule has 0 saturated heterocycles. The van der Waals surface area contributed by atoms with Crippen molar-refractivity contribution in [3.63, 3.8) is 0 Å². The van der Waals surface area contributed by atoms with Crippen LogP contribution in [0.3, 0.4) is 0 Å². The first kappa shape index (κ1) is 23.6. The molecule has 0 fully saturated rings. The number of carbonyl (C=O) groups is 3. The van der Waals surface area contributed by atoms with Crippen LogP contribution in [0.25, 0.3) is 0 Å². The maximum absolute atomic E-state index is 13.5. The molecule has 10 heteroatoms. The molecular formula is C20H18Cl2F2N2O4. The first-order valence-corrected chi connectivity index (χ1v) is 9.61. The number of carbonyl (C=O) groups excluding carboxylic acids is 3. The molecule has 2 rings (SSSR count). The van der Waals surface area contributed by atoms with E-state index >= 15 is 0 Å². The monoisotopic (exact) mass is 458 g/mol. The van der Waals surface area contributed by atoms with Crippen LogP contribution in [0.1, 0.15) is 30.1 Å². The van der Waals surface area contributed by atoms with Gasteiger partial charge in [0.25, 0.3) is 11.8 Å². The van der Waals surface area contributed by atoms with Gasteiger partial charge >= 0.3 is 5.97 Å². The Hall–Kier alpha value is -2.71. The van der Waals surface area contributed by atoms with E-state index in [9.17, 15) is 23.2 Å². The number of nitrogens with one attached hydrogen (secondary N) is 2. The molecule has 2 aromatic rings. The van der Waals surface area contributed by atoms with E-state index in [4.69, 9.17) is 27.9 Å². The summed E-state index contributed by atoms with van der Waals surface area (Å²) in [4.78, 5) is 35.8. The highest BCUT2D eigenvalue weighted by atomic mass is 35.5. The summed E-state index contributed by atoms with van der Waals surface area (Å²) in [6.45, 7) is 1.46. The highest BCUT2D eigenvalue weighted by Crippen LogP contribution is 2.25. The third-order valence-electron chi connectivity index (χ3n) is 3.89. The second-order valence-corrected chi connectivity index (χ2v) is 7.07. The Morgan fingerprint density at radius 1 is 1.10 bits per heavy atom. The van der Waals surface area contributed by atoms with Crippen LogP contribution in [0.2, 0.25) is 10.0 Å². The summed E-state index contributed by atoms with van der Waals surface area (Å²) >= 11 is 11.8. The van der Waals surface area contributed by atoms with Crippen molar-refractivity contribution in [2.75, 3.05) is 11.9 Å². The average molecular weight is 459 g/mol. The largest absolute Gasteiger partial charge is 0.453 e. The van der Waals surface area contributed by atoms with Gasteiger partial charge in [-0.15, -0.1) is 0 Å². The molecule has 2 aromatic carbocycles. The van der Waals surface area contributed by atoms with Crippen molar-refractivity contribution in [1.82, 2.24) is 5.32 Å². The standard InChI is InChI=1S/C20H18Cl2F2N2O4/c1-11(19(28)26-17-7-4-12(21)9-15(17)22)30-18(27)3-2-8-25-20(29)14-6-5-13(23)10-16(14)24/h4-7,9-11H,2-3,8H2,1H3,(H,25,29)(H,26,28). The zero-order valence-electron chi connectivity index (χ0n) is 15.8. The summed E-state index contributed by atoms with van der Waals surface area (Å²) in [5.41, 5.74) is 0.0230. The van der Waals surface area contributed by atoms with E-state index in [0.29, 0.717) is 16.8 Å². The van der Waals surface area contributed by atoms with Gasteiger partial charge in [-0.05, 0) is 43.7 Å². The number of esters is 1. The lowest BCUT2D eigenvalue weighted by Gasteiger charge is -2.14. The van der Waals surface area contributed by atoms with Gasteiger partial charge in [0.2, 0.25) is 0 Å². The molecule has 0 aliphatic carbocycles. The maximum atomic E-state index is 13.5. The zero-order valence-corrected chi connectivity index (χ0v) is 17.3. The van der Waals surface area contributed by atoms with Gasteiger partial charge in [0.1, 0.15) is 11.6 Å². The predicted molar refractivity (Wildman–Crippen MR) is 109 cm³/mol. The van der Waals surface area contributed by atoms with Crippen LogP contribution in [0.15, 0.2) is 36.4 Å². The molecular weight excluding hydrogens is 441 g/mol. The maximum Gasteiger partial charge on any atom is 0.306 e. The quantitative estimate of drug-likeness (QED) is 0.454. The predicted octanol–water partition coefficient (Wildman–Crippen LogP) is 4.35. The Bertz CT molecular complexity index is 956. The normalized spacial score (nSPS) is 11.5. The molecule has 0 aliphatic rings. The Balaban J connectivity index is 1.73. The van der Waals surface area contributed by atoms with Gasteiger partial charge in [-0.1, -0.05) is 23.2 Å². The first-order valence-electron chi connectivity index (χ1n) is 8.86. The fourth-order valence-electron chi connectivity index (χ4n) is 2.34. The van der Waals surface area contributed by atoms with Crippen LogP contribution < -0.4 is 10.6 Å². The molecule has 30 heavy (non-hydrogen) atoms. The van der Waals surface area contributed by atoms with E-state index in [0.717, 1.165) is 12.1 Å². The molecule has 2 amide bonds. The summed E-state index contributed by atoms with van der Waals surface area (Å²) in [5.74, 6) is -3.72. The number of halogens is 4. The highest BCUT2D eigenvalue weighted by molar-refractivity contribution is 6.36. The summed E-state index contributed by atoms with van der Waals surface area (Å²) < 4.78 is 31.4. The number of ether oxygens (including phenoxy) is 1. The van der Waals surface area contributed by atoms with Crippen LogP contribution in [0, 0.1) is 11.6 Å². The molecule has 2 N–H and O–H groups in total. The van der Waals surface area contributed by atoms with E-state index < -0.39 is 35.5 Å². The first-order chi connectivity index (χ1) is 14.2. The lowest BCUT2D eigenvalue weighted by atomic mass is 10.2. The van der Waals surface area contributed by atoms with E-state index in [1.165, 1.54) is 19.1 Å². The lowest BCUT2D eigenvalue weighted by Crippen LogP contribution is -2.30. The highest BCUT2D eigenvalue weighted by Gasteiger charge is 2.19. The molecule has 0 radical (unpaired) electrons. The van der Waals surface area contributed by atoms with Crippen molar-refractivity contribution in [1.29, 1.82) is 0 Å². The Morgan fingerprint density at radius 3 is 2.50 bits per heavy atom. The summed E-state index contributed by atoms with van der Waals surface area (Å²) in [6.07, 6.45) is -0.955. The molecule has 0 saturated carbocycles. The third kappa shape index (κ3) is 6.96. The van der Waals surface area contributed by atoms with Crippen LogP contribution in [0.4, 0.5) is 14.5 Å². The molecule has 0 spiro atoms. The molecule has 0 heterocycles. The molecule has 0 bridgehead atoms. The van der Waals surface area contributed by atoms with Crippen LogP contribution in [0.5, 0.6) is 0 Å². The Kier molecular flexibility index (Phi) is 8.56. The summed E-state index contributed by atoms with van der Waals surface area (Å²) in [5, 5.41) is 5.59. The van der Waals surface area contributed by atoms with Crippen molar-refractivity contribution < 1.29 is 27.9 Å². The minimum Gasteiger partial charge on any atom is -0.453 e. The van der Waals surface area contributed by atoms with E-state index in [1.54, 1.807) is 6.07 Å². The van der Waals surface area contributed by atoms with Gasteiger partial charge in [0, 0.05) is 24.1 Å². The van der Waals surface area contributed by atoms with Crippen molar-refractivity contribution in [2.24, 2.45) is 0 Å². The number of hydrogen-bond donors (Lipinski definition) is 2. The Labute approximate surface area is 181 Å². The van der Waals surface area contributed by atoms with Crippen molar-refractivity contribution in [3.05, 3.63) is 63.6 Å². The van der Waals surface area contributed by atoms with Gasteiger partial charge in [-0.25, -0.2) is 8.78 Å². The fourth-order valence-corrected chi connectivity index (χ4v) is 2.79. The van der Waals surface area contributed by atoms with E-state index in [-0.39, 0.29) is 30.0 Å². The van der Waals surface area contributed by atoms with Gasteiger partial charge < -0.3 is 15.4 Å². The third-order valence-corrected chi connectivity index (χ3v) is 4.43. The molecule has 1 unspecified atom stereocenters. The zero-order chi connectivity index (χ0) is 22.3. The van der Waals surface area contributed by atoms with Gasteiger partial charge in [0.15, 0.2) is 6.10 Å². The fraction of sp³-hybridized carbons (Fsp3) is 0.250. The second kappa shape index (κ2) is 10.9. The molecule has 0 aromatic heterocycles. The molecule has 0 aliphatic heterocycles. The molecule has 1 atom stereocenters. The van der Waals surface area contributed by atoms with Crippen molar-refractivity contribution in [3.8, 4) is 0 Å². The second-order valence-electron chi connectivity index (χ2n) is 6.23. The van der Waals surface area contributed by atoms with Crippen LogP contribution in [-0.2, 0) is 14.3 Å². The van der Waals surface area contributed by atoms with Crippen LogP contribution in [-0.4, -0.2) is 30.4 Å². The SMILES string of the molecule is CC(OC(=O)CCCNC(=O)c1ccc(F)cc1F)C(=O)Nc1ccc(Cl)cc1Cl. The number of hydrogen-bond acceptors (Lipinski definition) is 4. The summed E-state index contributed by atoms with van der Waals surface area (Å²) in [6, 6.07) is 7.13. The van der Waals surface area contributed by atoms with Gasteiger partial charge in [-0.2, -0.15) is 0 Å². The average Bonchev–Trinajstić information content (AvgIpc) is 2.67. The number of rotatable bonds is 8. The summed E-state index contributed by atoms with van der Waals surface area (Å²) in [7, 11) is 0. The van der Waals surface area contributed by atoms with E-state index in [2.05, 4.69) is 10.6 Å². The van der Waals surface area contributed by atoms with Gasteiger partial charge in [-0.3, -0.25) is 14.4 Å². The minimum atomic E-state index is -1.08. The smallest absolute Gasteiger partial charge is 0.306 e. The van der Waals surface area contributed by atoms with Gasteiger partial charge in [0.05, 0.1) is 16.3 Å². The minimum absolute atomic E-state index is 0.0612. The Morgan fingerprint density at radius 2 is 1.83 bits per heavy atom. The number of amides is 2. The topological polar surface area (TPSA) is 84.5 Å².